The number of pyridine rings is 1. The molecule has 4 aromatic rings. The summed E-state index contributed by atoms with van der Waals surface area (Å²) in [7, 11) is -3.95. The van der Waals surface area contributed by atoms with Crippen molar-refractivity contribution in [3.05, 3.63) is 88.8 Å². The SMILES string of the molecule is Cc1ccccc1CN(c1cccc(Cl)c1)S(=O)(=O)c1cccn2c(C)nnc12. The highest BCUT2D eigenvalue weighted by atomic mass is 35.5. The molecule has 0 spiro atoms. The van der Waals surface area contributed by atoms with Gasteiger partial charge < -0.3 is 0 Å². The lowest BCUT2D eigenvalue weighted by Crippen LogP contribution is -2.31. The van der Waals surface area contributed by atoms with E-state index >= 15 is 0 Å². The molecular formula is C21H19ClN4O2S. The first-order valence-electron chi connectivity index (χ1n) is 9.01. The molecule has 8 heteroatoms. The van der Waals surface area contributed by atoms with E-state index in [0.717, 1.165) is 11.1 Å². The van der Waals surface area contributed by atoms with Crippen LogP contribution in [-0.4, -0.2) is 23.0 Å². The molecule has 0 amide bonds. The van der Waals surface area contributed by atoms with Gasteiger partial charge >= 0.3 is 0 Å². The summed E-state index contributed by atoms with van der Waals surface area (Å²) in [6.07, 6.45) is 1.74. The molecule has 0 bridgehead atoms. The monoisotopic (exact) mass is 426 g/mol. The number of benzene rings is 2. The number of sulfonamides is 1. The van der Waals surface area contributed by atoms with E-state index in [1.165, 1.54) is 4.31 Å². The second kappa shape index (κ2) is 7.50. The van der Waals surface area contributed by atoms with E-state index in [-0.39, 0.29) is 11.4 Å². The Morgan fingerprint density at radius 3 is 2.55 bits per heavy atom. The lowest BCUT2D eigenvalue weighted by molar-refractivity contribution is 0.590. The number of hydrogen-bond donors (Lipinski definition) is 0. The Bertz CT molecular complexity index is 1300. The quantitative estimate of drug-likeness (QED) is 0.474. The summed E-state index contributed by atoms with van der Waals surface area (Å²) in [4.78, 5) is 0.0918. The van der Waals surface area contributed by atoms with Crippen LogP contribution >= 0.6 is 11.6 Å². The normalized spacial score (nSPS) is 11.7. The van der Waals surface area contributed by atoms with Gasteiger partial charge in [0.05, 0.1) is 12.2 Å². The van der Waals surface area contributed by atoms with Crippen molar-refractivity contribution < 1.29 is 8.42 Å². The van der Waals surface area contributed by atoms with Crippen LogP contribution in [0, 0.1) is 13.8 Å². The summed E-state index contributed by atoms with van der Waals surface area (Å²) in [5, 5.41) is 8.57. The summed E-state index contributed by atoms with van der Waals surface area (Å²) in [6.45, 7) is 3.91. The van der Waals surface area contributed by atoms with Gasteiger partial charge in [-0.2, -0.15) is 0 Å². The van der Waals surface area contributed by atoms with Crippen LogP contribution in [0.5, 0.6) is 0 Å². The van der Waals surface area contributed by atoms with Gasteiger partial charge in [-0.3, -0.25) is 8.71 Å². The van der Waals surface area contributed by atoms with Crippen molar-refractivity contribution >= 4 is 33.0 Å². The third-order valence-electron chi connectivity index (χ3n) is 4.81. The Morgan fingerprint density at radius 2 is 1.79 bits per heavy atom. The fourth-order valence-electron chi connectivity index (χ4n) is 3.22. The largest absolute Gasteiger partial charge is 0.286 e. The molecule has 0 radical (unpaired) electrons. The van der Waals surface area contributed by atoms with Gasteiger partial charge in [0.15, 0.2) is 5.65 Å². The second-order valence-corrected chi connectivity index (χ2v) is 9.00. The van der Waals surface area contributed by atoms with Crippen LogP contribution in [0.4, 0.5) is 5.69 Å². The van der Waals surface area contributed by atoms with Crippen LogP contribution in [0.25, 0.3) is 5.65 Å². The molecule has 6 nitrogen and oxygen atoms in total. The zero-order valence-electron chi connectivity index (χ0n) is 15.9. The van der Waals surface area contributed by atoms with Crippen LogP contribution in [0.15, 0.2) is 71.8 Å². The second-order valence-electron chi connectivity index (χ2n) is 6.73. The molecule has 0 saturated heterocycles. The van der Waals surface area contributed by atoms with Crippen LogP contribution < -0.4 is 4.31 Å². The zero-order valence-corrected chi connectivity index (χ0v) is 17.5. The number of aryl methyl sites for hydroxylation is 2. The van der Waals surface area contributed by atoms with E-state index in [0.29, 0.717) is 22.2 Å². The minimum atomic E-state index is -3.95. The molecule has 148 valence electrons. The Kier molecular flexibility index (Phi) is 5.02. The van der Waals surface area contributed by atoms with Crippen molar-refractivity contribution in [2.45, 2.75) is 25.3 Å². The van der Waals surface area contributed by atoms with Gasteiger partial charge in [0, 0.05) is 11.2 Å². The molecule has 0 N–H and O–H groups in total. The fraction of sp³-hybridized carbons (Fsp3) is 0.143. The van der Waals surface area contributed by atoms with Crippen LogP contribution in [0.3, 0.4) is 0 Å². The van der Waals surface area contributed by atoms with Gasteiger partial charge in [0.25, 0.3) is 10.0 Å². The molecule has 2 aromatic heterocycles. The smallest absolute Gasteiger partial charge is 0.268 e. The average molecular weight is 427 g/mol. The predicted molar refractivity (Wildman–Crippen MR) is 114 cm³/mol. The van der Waals surface area contributed by atoms with Gasteiger partial charge in [-0.05, 0) is 55.3 Å². The number of halogens is 1. The van der Waals surface area contributed by atoms with Crippen molar-refractivity contribution in [1.29, 1.82) is 0 Å². The Morgan fingerprint density at radius 1 is 1.00 bits per heavy atom. The number of fused-ring (bicyclic) bond motifs is 1. The molecule has 4 rings (SSSR count). The highest BCUT2D eigenvalue weighted by Crippen LogP contribution is 2.30. The first-order chi connectivity index (χ1) is 13.9. The summed E-state index contributed by atoms with van der Waals surface area (Å²) < 4.78 is 30.6. The lowest BCUT2D eigenvalue weighted by Gasteiger charge is -2.25. The maximum atomic E-state index is 13.8. The van der Waals surface area contributed by atoms with Gasteiger partial charge in [-0.25, -0.2) is 8.42 Å². The van der Waals surface area contributed by atoms with E-state index < -0.39 is 10.0 Å². The molecule has 2 aromatic carbocycles. The maximum absolute atomic E-state index is 13.8. The molecule has 0 saturated carbocycles. The maximum Gasteiger partial charge on any atom is 0.268 e. The van der Waals surface area contributed by atoms with Crippen molar-refractivity contribution in [1.82, 2.24) is 14.6 Å². The van der Waals surface area contributed by atoms with E-state index in [4.69, 9.17) is 11.6 Å². The molecule has 0 aliphatic heterocycles. The van der Waals surface area contributed by atoms with Crippen LogP contribution in [0.1, 0.15) is 17.0 Å². The highest BCUT2D eigenvalue weighted by Gasteiger charge is 2.29. The minimum absolute atomic E-state index is 0.0918. The van der Waals surface area contributed by atoms with Crippen molar-refractivity contribution in [3.8, 4) is 0 Å². The number of anilines is 1. The van der Waals surface area contributed by atoms with Crippen LogP contribution in [-0.2, 0) is 16.6 Å². The lowest BCUT2D eigenvalue weighted by atomic mass is 10.1. The first-order valence-corrected chi connectivity index (χ1v) is 10.8. The molecule has 0 aliphatic rings. The first kappa shape index (κ1) is 19.4. The number of hydrogen-bond acceptors (Lipinski definition) is 4. The number of aromatic nitrogens is 3. The standard InChI is InChI=1S/C21H19ClN4O2S/c1-15-7-3-4-8-17(15)14-26(19-10-5-9-18(22)13-19)29(27,28)20-11-6-12-25-16(2)23-24-21(20)25/h3-13H,14H2,1-2H3. The Labute approximate surface area is 174 Å². The van der Waals surface area contributed by atoms with E-state index in [1.54, 1.807) is 53.9 Å². The van der Waals surface area contributed by atoms with Crippen molar-refractivity contribution in [3.63, 3.8) is 0 Å². The van der Waals surface area contributed by atoms with E-state index in [9.17, 15) is 8.42 Å². The van der Waals surface area contributed by atoms with Gasteiger partial charge in [-0.1, -0.05) is 41.9 Å². The molecule has 2 heterocycles. The molecule has 0 unspecified atom stereocenters. The third kappa shape index (κ3) is 3.59. The average Bonchev–Trinajstić information content (AvgIpc) is 3.08. The summed E-state index contributed by atoms with van der Waals surface area (Å²) in [6, 6.07) is 17.8. The van der Waals surface area contributed by atoms with Crippen LogP contribution in [0.2, 0.25) is 5.02 Å². The molecule has 0 fully saturated rings. The Balaban J connectivity index is 1.90. The Hall–Kier alpha value is -2.90. The molecular weight excluding hydrogens is 408 g/mol. The third-order valence-corrected chi connectivity index (χ3v) is 6.84. The van der Waals surface area contributed by atoms with Gasteiger partial charge in [0.1, 0.15) is 10.7 Å². The molecule has 0 aliphatic carbocycles. The summed E-state index contributed by atoms with van der Waals surface area (Å²) >= 11 is 6.17. The number of rotatable bonds is 5. The summed E-state index contributed by atoms with van der Waals surface area (Å²) in [5.41, 5.74) is 2.69. The molecule has 0 atom stereocenters. The number of nitrogens with zero attached hydrogens (tertiary/aromatic N) is 4. The summed E-state index contributed by atoms with van der Waals surface area (Å²) in [5.74, 6) is 0.616. The predicted octanol–water partition coefficient (Wildman–Crippen LogP) is 4.40. The topological polar surface area (TPSA) is 67.6 Å². The highest BCUT2D eigenvalue weighted by molar-refractivity contribution is 7.93. The zero-order chi connectivity index (χ0) is 20.6. The minimum Gasteiger partial charge on any atom is -0.286 e. The van der Waals surface area contributed by atoms with E-state index in [1.807, 2.05) is 31.2 Å². The van der Waals surface area contributed by atoms with Crippen molar-refractivity contribution in [2.24, 2.45) is 0 Å². The molecule has 29 heavy (non-hydrogen) atoms. The van der Waals surface area contributed by atoms with Gasteiger partial charge in [0.2, 0.25) is 0 Å². The fourth-order valence-corrected chi connectivity index (χ4v) is 4.96. The van der Waals surface area contributed by atoms with Crippen molar-refractivity contribution in [2.75, 3.05) is 4.31 Å². The van der Waals surface area contributed by atoms with Gasteiger partial charge in [-0.15, -0.1) is 10.2 Å². The van der Waals surface area contributed by atoms with E-state index in [2.05, 4.69) is 10.2 Å².